The number of nitrogens with one attached hydrogen (secondary N) is 1. The molecule has 0 spiro atoms. The number of hydrogen-bond donors (Lipinski definition) is 1. The van der Waals surface area contributed by atoms with Gasteiger partial charge in [0.15, 0.2) is 5.82 Å². The molecule has 0 saturated carbocycles. The molecule has 7 heteroatoms. The van der Waals surface area contributed by atoms with Crippen LogP contribution in [0.25, 0.3) is 0 Å². The average Bonchev–Trinajstić information content (AvgIpc) is 3.27. The minimum Gasteiger partial charge on any atom is -0.345 e. The molecule has 7 nitrogen and oxygen atoms in total. The molecule has 0 aliphatic rings. The standard InChI is InChI=1S/C17H19N5O2/c1-2-14(22-10-6-9-19-22)17(23)18-12-16-20-15(21-24-16)11-13-7-4-3-5-8-13/h3-10,14H,2,11-12H2,1H3,(H,18,23). The Labute approximate surface area is 139 Å². The van der Waals surface area contributed by atoms with Gasteiger partial charge in [0.1, 0.15) is 6.04 Å². The van der Waals surface area contributed by atoms with Gasteiger partial charge >= 0.3 is 0 Å². The number of benzene rings is 1. The van der Waals surface area contributed by atoms with Crippen LogP contribution in [0.5, 0.6) is 0 Å². The van der Waals surface area contributed by atoms with Gasteiger partial charge in [-0.15, -0.1) is 0 Å². The summed E-state index contributed by atoms with van der Waals surface area (Å²) in [5, 5.41) is 10.9. The van der Waals surface area contributed by atoms with Gasteiger partial charge < -0.3 is 9.84 Å². The molecule has 3 aromatic rings. The molecule has 3 rings (SSSR count). The zero-order chi connectivity index (χ0) is 16.8. The molecule has 24 heavy (non-hydrogen) atoms. The van der Waals surface area contributed by atoms with Crippen molar-refractivity contribution in [2.75, 3.05) is 0 Å². The summed E-state index contributed by atoms with van der Waals surface area (Å²) in [6, 6.07) is 11.4. The van der Waals surface area contributed by atoms with Gasteiger partial charge in [-0.3, -0.25) is 9.48 Å². The van der Waals surface area contributed by atoms with Crippen molar-refractivity contribution in [1.29, 1.82) is 0 Å². The molecule has 1 unspecified atom stereocenters. The molecule has 0 aliphatic heterocycles. The maximum atomic E-state index is 12.3. The number of carbonyl (C=O) groups excluding carboxylic acids is 1. The van der Waals surface area contributed by atoms with E-state index < -0.39 is 0 Å². The van der Waals surface area contributed by atoms with Gasteiger partial charge in [0.2, 0.25) is 11.8 Å². The van der Waals surface area contributed by atoms with Crippen molar-refractivity contribution in [3.05, 3.63) is 66.1 Å². The number of carbonyl (C=O) groups is 1. The van der Waals surface area contributed by atoms with Gasteiger partial charge in [-0.1, -0.05) is 42.4 Å². The van der Waals surface area contributed by atoms with Crippen molar-refractivity contribution in [3.63, 3.8) is 0 Å². The van der Waals surface area contributed by atoms with Crippen molar-refractivity contribution in [2.24, 2.45) is 0 Å². The molecule has 124 valence electrons. The molecule has 0 bridgehead atoms. The van der Waals surface area contributed by atoms with Crippen LogP contribution in [0, 0.1) is 0 Å². The molecule has 0 fully saturated rings. The van der Waals surface area contributed by atoms with Crippen molar-refractivity contribution >= 4 is 5.91 Å². The lowest BCUT2D eigenvalue weighted by Gasteiger charge is -2.14. The largest absolute Gasteiger partial charge is 0.345 e. The van der Waals surface area contributed by atoms with Crippen molar-refractivity contribution in [2.45, 2.75) is 32.4 Å². The highest BCUT2D eigenvalue weighted by Crippen LogP contribution is 2.10. The fraction of sp³-hybridized carbons (Fsp3) is 0.294. The number of rotatable bonds is 7. The molecule has 2 heterocycles. The van der Waals surface area contributed by atoms with Crippen molar-refractivity contribution in [3.8, 4) is 0 Å². The van der Waals surface area contributed by atoms with Gasteiger partial charge in [-0.2, -0.15) is 10.1 Å². The second-order valence-corrected chi connectivity index (χ2v) is 5.39. The number of hydrogen-bond acceptors (Lipinski definition) is 5. The van der Waals surface area contributed by atoms with Gasteiger partial charge in [-0.25, -0.2) is 0 Å². The number of nitrogens with zero attached hydrogens (tertiary/aromatic N) is 4. The summed E-state index contributed by atoms with van der Waals surface area (Å²) in [5.41, 5.74) is 1.11. The summed E-state index contributed by atoms with van der Waals surface area (Å²) in [4.78, 5) is 16.6. The van der Waals surface area contributed by atoms with Crippen LogP contribution < -0.4 is 5.32 Å². The van der Waals surface area contributed by atoms with Crippen LogP contribution in [-0.4, -0.2) is 25.8 Å². The number of amides is 1. The molecule has 0 aliphatic carbocycles. The lowest BCUT2D eigenvalue weighted by molar-refractivity contribution is -0.125. The maximum absolute atomic E-state index is 12.3. The van der Waals surface area contributed by atoms with Crippen LogP contribution >= 0.6 is 0 Å². The Morgan fingerprint density at radius 2 is 2.12 bits per heavy atom. The van der Waals surface area contributed by atoms with Gasteiger partial charge in [0.25, 0.3) is 0 Å². The third-order valence-electron chi connectivity index (χ3n) is 3.66. The maximum Gasteiger partial charge on any atom is 0.246 e. The summed E-state index contributed by atoms with van der Waals surface area (Å²) in [6.07, 6.45) is 4.68. The van der Waals surface area contributed by atoms with Crippen LogP contribution in [0.4, 0.5) is 0 Å². The SMILES string of the molecule is CCC(C(=O)NCc1nc(Cc2ccccc2)no1)n1cccn1. The highest BCUT2D eigenvalue weighted by Gasteiger charge is 2.19. The van der Waals surface area contributed by atoms with Crippen LogP contribution in [0.3, 0.4) is 0 Å². The first-order valence-corrected chi connectivity index (χ1v) is 7.88. The molecular formula is C17H19N5O2. The Morgan fingerprint density at radius 1 is 1.29 bits per heavy atom. The Hall–Kier alpha value is -2.96. The first kappa shape index (κ1) is 15.9. The molecule has 1 aromatic carbocycles. The molecule has 1 atom stereocenters. The van der Waals surface area contributed by atoms with Gasteiger partial charge in [-0.05, 0) is 18.1 Å². The van der Waals surface area contributed by atoms with Gasteiger partial charge in [0, 0.05) is 18.8 Å². The molecule has 2 aromatic heterocycles. The van der Waals surface area contributed by atoms with Crippen LogP contribution in [0.1, 0.15) is 36.7 Å². The topological polar surface area (TPSA) is 85.8 Å². The molecule has 1 amide bonds. The number of aromatic nitrogens is 4. The first-order valence-electron chi connectivity index (χ1n) is 7.88. The molecule has 0 radical (unpaired) electrons. The molecule has 1 N–H and O–H groups in total. The minimum absolute atomic E-state index is 0.121. The second kappa shape index (κ2) is 7.54. The quantitative estimate of drug-likeness (QED) is 0.719. The Bertz CT molecular complexity index is 767. The fourth-order valence-electron chi connectivity index (χ4n) is 2.45. The van der Waals surface area contributed by atoms with Crippen LogP contribution in [-0.2, 0) is 17.8 Å². The lowest BCUT2D eigenvalue weighted by Crippen LogP contribution is -2.32. The fourth-order valence-corrected chi connectivity index (χ4v) is 2.45. The highest BCUT2D eigenvalue weighted by molar-refractivity contribution is 5.79. The highest BCUT2D eigenvalue weighted by atomic mass is 16.5. The first-order chi connectivity index (χ1) is 11.8. The Kier molecular flexibility index (Phi) is 5.00. The molecule has 0 saturated heterocycles. The van der Waals surface area contributed by atoms with E-state index >= 15 is 0 Å². The lowest BCUT2D eigenvalue weighted by atomic mass is 10.1. The van der Waals surface area contributed by atoms with Crippen LogP contribution in [0.2, 0.25) is 0 Å². The third kappa shape index (κ3) is 3.87. The summed E-state index contributed by atoms with van der Waals surface area (Å²) in [7, 11) is 0. The predicted molar refractivity (Wildman–Crippen MR) is 86.9 cm³/mol. The van der Waals surface area contributed by atoms with E-state index in [-0.39, 0.29) is 18.5 Å². The summed E-state index contributed by atoms with van der Waals surface area (Å²) in [5.74, 6) is 0.873. The summed E-state index contributed by atoms with van der Waals surface area (Å²) in [6.45, 7) is 2.15. The zero-order valence-corrected chi connectivity index (χ0v) is 13.4. The van der Waals surface area contributed by atoms with E-state index in [1.807, 2.05) is 37.3 Å². The summed E-state index contributed by atoms with van der Waals surface area (Å²) >= 11 is 0. The van der Waals surface area contributed by atoms with E-state index in [0.717, 1.165) is 5.56 Å². The molecular weight excluding hydrogens is 306 g/mol. The second-order valence-electron chi connectivity index (χ2n) is 5.39. The Morgan fingerprint density at radius 3 is 2.83 bits per heavy atom. The van der Waals surface area contributed by atoms with Gasteiger partial charge in [0.05, 0.1) is 6.54 Å². The van der Waals surface area contributed by atoms with Crippen molar-refractivity contribution < 1.29 is 9.32 Å². The zero-order valence-electron chi connectivity index (χ0n) is 13.4. The van der Waals surface area contributed by atoms with E-state index in [1.165, 1.54) is 0 Å². The normalized spacial score (nSPS) is 12.0. The average molecular weight is 325 g/mol. The minimum atomic E-state index is -0.341. The van der Waals surface area contributed by atoms with Crippen molar-refractivity contribution in [1.82, 2.24) is 25.2 Å². The third-order valence-corrected chi connectivity index (χ3v) is 3.66. The monoisotopic (exact) mass is 325 g/mol. The van der Waals surface area contributed by atoms with E-state index in [4.69, 9.17) is 4.52 Å². The van der Waals surface area contributed by atoms with Crippen LogP contribution in [0.15, 0.2) is 53.3 Å². The van der Waals surface area contributed by atoms with E-state index in [2.05, 4.69) is 20.6 Å². The smallest absolute Gasteiger partial charge is 0.246 e. The summed E-state index contributed by atoms with van der Waals surface area (Å²) < 4.78 is 6.84. The van der Waals surface area contributed by atoms with E-state index in [1.54, 1.807) is 23.1 Å². The van der Waals surface area contributed by atoms with E-state index in [0.29, 0.717) is 24.6 Å². The van der Waals surface area contributed by atoms with E-state index in [9.17, 15) is 4.79 Å². The predicted octanol–water partition coefficient (Wildman–Crippen LogP) is 2.12. The Balaban J connectivity index is 1.56.